The number of guanidine groups is 1. The summed E-state index contributed by atoms with van der Waals surface area (Å²) in [6, 6.07) is 0. The number of halogens is 1. The molecule has 0 radical (unpaired) electrons. The number of aliphatic imine (C=N–C) groups is 1. The summed E-state index contributed by atoms with van der Waals surface area (Å²) in [6.45, 7) is 13.8. The van der Waals surface area contributed by atoms with E-state index in [1.54, 1.807) is 7.11 Å². The summed E-state index contributed by atoms with van der Waals surface area (Å²) in [5, 5.41) is 7.03. The molecule has 6 nitrogen and oxygen atoms in total. The standard InChI is InChI=1S/C20H40N4O2.HI/c1-5-21-18(22-15-19(2,3)25-4)23-16-20(9-7-6-8-10-20)17-24-11-13-26-14-12-24;/h5-17H2,1-4H3,(H2,21,22,23);1H. The zero-order valence-electron chi connectivity index (χ0n) is 17.8. The largest absolute Gasteiger partial charge is 0.379 e. The molecule has 2 aliphatic rings. The van der Waals surface area contributed by atoms with E-state index in [2.05, 4.69) is 36.3 Å². The fourth-order valence-corrected chi connectivity index (χ4v) is 3.87. The molecule has 0 bridgehead atoms. The van der Waals surface area contributed by atoms with Gasteiger partial charge < -0.3 is 20.1 Å². The topological polar surface area (TPSA) is 58.1 Å². The van der Waals surface area contributed by atoms with Crippen molar-refractivity contribution in [3.8, 4) is 0 Å². The van der Waals surface area contributed by atoms with Crippen molar-refractivity contribution >= 4 is 29.9 Å². The van der Waals surface area contributed by atoms with Gasteiger partial charge in [-0.05, 0) is 33.6 Å². The first-order valence-electron chi connectivity index (χ1n) is 10.4. The molecule has 1 aliphatic heterocycles. The molecule has 0 aromatic carbocycles. The Hall–Kier alpha value is -0.120. The van der Waals surface area contributed by atoms with Crippen LogP contribution in [0.4, 0.5) is 0 Å². The fourth-order valence-electron chi connectivity index (χ4n) is 3.87. The van der Waals surface area contributed by atoms with Gasteiger partial charge in [-0.2, -0.15) is 0 Å². The predicted octanol–water partition coefficient (Wildman–Crippen LogP) is 2.87. The van der Waals surface area contributed by atoms with Crippen LogP contribution in [0.5, 0.6) is 0 Å². The lowest BCUT2D eigenvalue weighted by molar-refractivity contribution is 0.00817. The van der Waals surface area contributed by atoms with E-state index in [1.807, 2.05) is 0 Å². The second-order valence-corrected chi connectivity index (χ2v) is 8.46. The van der Waals surface area contributed by atoms with Gasteiger partial charge in [0.05, 0.1) is 25.4 Å². The summed E-state index contributed by atoms with van der Waals surface area (Å²) >= 11 is 0. The highest BCUT2D eigenvalue weighted by molar-refractivity contribution is 14.0. The maximum Gasteiger partial charge on any atom is 0.191 e. The molecule has 1 saturated carbocycles. The molecule has 1 saturated heterocycles. The second-order valence-electron chi connectivity index (χ2n) is 8.46. The van der Waals surface area contributed by atoms with Gasteiger partial charge >= 0.3 is 0 Å². The van der Waals surface area contributed by atoms with E-state index in [9.17, 15) is 0 Å². The number of rotatable bonds is 8. The van der Waals surface area contributed by atoms with Crippen molar-refractivity contribution in [2.45, 2.75) is 58.5 Å². The van der Waals surface area contributed by atoms with E-state index in [0.717, 1.165) is 45.4 Å². The molecule has 27 heavy (non-hydrogen) atoms. The number of ether oxygens (including phenoxy) is 2. The van der Waals surface area contributed by atoms with Crippen LogP contribution >= 0.6 is 24.0 Å². The summed E-state index contributed by atoms with van der Waals surface area (Å²) < 4.78 is 11.0. The van der Waals surface area contributed by atoms with Gasteiger partial charge in [0, 0.05) is 45.2 Å². The summed E-state index contributed by atoms with van der Waals surface area (Å²) in [6.07, 6.45) is 6.68. The Morgan fingerprint density at radius 3 is 2.41 bits per heavy atom. The van der Waals surface area contributed by atoms with Crippen LogP contribution in [0.25, 0.3) is 0 Å². The molecule has 2 N–H and O–H groups in total. The SMILES string of the molecule is CCNC(=NCC(C)(C)OC)NCC1(CN2CCOCC2)CCCCC1.I. The lowest BCUT2D eigenvalue weighted by Crippen LogP contribution is -2.51. The highest BCUT2D eigenvalue weighted by atomic mass is 127. The van der Waals surface area contributed by atoms with Crippen molar-refractivity contribution < 1.29 is 9.47 Å². The first-order chi connectivity index (χ1) is 12.5. The minimum Gasteiger partial charge on any atom is -0.379 e. The third-order valence-electron chi connectivity index (χ3n) is 5.72. The molecule has 0 unspecified atom stereocenters. The van der Waals surface area contributed by atoms with Crippen LogP contribution in [0.3, 0.4) is 0 Å². The lowest BCUT2D eigenvalue weighted by atomic mass is 9.73. The number of hydrogen-bond acceptors (Lipinski definition) is 4. The smallest absolute Gasteiger partial charge is 0.191 e. The quantitative estimate of drug-likeness (QED) is 0.308. The average molecular weight is 496 g/mol. The average Bonchev–Trinajstić information content (AvgIpc) is 2.66. The van der Waals surface area contributed by atoms with Crippen molar-refractivity contribution in [1.29, 1.82) is 0 Å². The van der Waals surface area contributed by atoms with Gasteiger partial charge in [0.25, 0.3) is 0 Å². The molecule has 7 heteroatoms. The van der Waals surface area contributed by atoms with Crippen LogP contribution in [0.2, 0.25) is 0 Å². The Balaban J connectivity index is 0.00000364. The van der Waals surface area contributed by atoms with E-state index < -0.39 is 0 Å². The van der Waals surface area contributed by atoms with Crippen LogP contribution in [-0.2, 0) is 9.47 Å². The molecule has 0 aromatic heterocycles. The zero-order valence-corrected chi connectivity index (χ0v) is 20.1. The first kappa shape index (κ1) is 24.9. The number of methoxy groups -OCH3 is 1. The zero-order chi connectivity index (χ0) is 18.9. The van der Waals surface area contributed by atoms with Gasteiger partial charge in [0.1, 0.15) is 0 Å². The molecule has 0 atom stereocenters. The minimum atomic E-state index is -0.237. The maximum atomic E-state index is 5.53. The number of hydrogen-bond donors (Lipinski definition) is 2. The minimum absolute atomic E-state index is 0. The van der Waals surface area contributed by atoms with Crippen molar-refractivity contribution in [3.05, 3.63) is 0 Å². The van der Waals surface area contributed by atoms with Gasteiger partial charge in [0.15, 0.2) is 5.96 Å². The van der Waals surface area contributed by atoms with Gasteiger partial charge in [0.2, 0.25) is 0 Å². The predicted molar refractivity (Wildman–Crippen MR) is 123 cm³/mol. The molecule has 0 amide bonds. The lowest BCUT2D eigenvalue weighted by Gasteiger charge is -2.42. The number of nitrogens with zero attached hydrogens (tertiary/aromatic N) is 2. The Kier molecular flexibility index (Phi) is 11.5. The Labute approximate surface area is 183 Å². The van der Waals surface area contributed by atoms with Crippen molar-refractivity contribution in [2.24, 2.45) is 10.4 Å². The number of nitrogens with one attached hydrogen (secondary N) is 2. The summed E-state index contributed by atoms with van der Waals surface area (Å²) in [5.41, 5.74) is 0.112. The van der Waals surface area contributed by atoms with Crippen LogP contribution in [0, 0.1) is 5.41 Å². The van der Waals surface area contributed by atoms with E-state index in [-0.39, 0.29) is 29.6 Å². The van der Waals surface area contributed by atoms with Crippen LogP contribution in [0.15, 0.2) is 4.99 Å². The highest BCUT2D eigenvalue weighted by Crippen LogP contribution is 2.36. The third kappa shape index (κ3) is 8.83. The van der Waals surface area contributed by atoms with E-state index in [4.69, 9.17) is 14.5 Å². The van der Waals surface area contributed by atoms with Crippen molar-refractivity contribution in [3.63, 3.8) is 0 Å². The van der Waals surface area contributed by atoms with Gasteiger partial charge in [-0.3, -0.25) is 9.89 Å². The molecular weight excluding hydrogens is 455 g/mol. The molecule has 1 aliphatic carbocycles. The normalized spacial score (nSPS) is 21.4. The molecule has 2 rings (SSSR count). The summed E-state index contributed by atoms with van der Waals surface area (Å²) in [5.74, 6) is 0.907. The van der Waals surface area contributed by atoms with Crippen molar-refractivity contribution in [2.75, 3.05) is 59.6 Å². The van der Waals surface area contributed by atoms with Crippen LogP contribution in [0.1, 0.15) is 52.9 Å². The van der Waals surface area contributed by atoms with Gasteiger partial charge in [-0.25, -0.2) is 0 Å². The molecule has 160 valence electrons. The van der Waals surface area contributed by atoms with Crippen molar-refractivity contribution in [1.82, 2.24) is 15.5 Å². The van der Waals surface area contributed by atoms with Crippen LogP contribution < -0.4 is 10.6 Å². The van der Waals surface area contributed by atoms with E-state index in [0.29, 0.717) is 12.0 Å². The highest BCUT2D eigenvalue weighted by Gasteiger charge is 2.34. The molecule has 2 fully saturated rings. The monoisotopic (exact) mass is 496 g/mol. The second kappa shape index (κ2) is 12.4. The number of morpholine rings is 1. The molecule has 0 spiro atoms. The Bertz CT molecular complexity index is 434. The van der Waals surface area contributed by atoms with Gasteiger partial charge in [-0.15, -0.1) is 24.0 Å². The summed E-state index contributed by atoms with van der Waals surface area (Å²) in [7, 11) is 1.75. The molecule has 0 aromatic rings. The van der Waals surface area contributed by atoms with E-state index in [1.165, 1.54) is 38.6 Å². The van der Waals surface area contributed by atoms with Gasteiger partial charge in [-0.1, -0.05) is 19.3 Å². The third-order valence-corrected chi connectivity index (χ3v) is 5.72. The van der Waals surface area contributed by atoms with E-state index >= 15 is 0 Å². The Morgan fingerprint density at radius 2 is 1.81 bits per heavy atom. The first-order valence-corrected chi connectivity index (χ1v) is 10.4. The summed E-state index contributed by atoms with van der Waals surface area (Å²) in [4.78, 5) is 7.35. The molecule has 1 heterocycles. The maximum absolute atomic E-state index is 5.53. The fraction of sp³-hybridized carbons (Fsp3) is 0.950. The molecular formula is C20H41IN4O2. The van der Waals surface area contributed by atoms with Crippen LogP contribution in [-0.4, -0.2) is 76.1 Å². The Morgan fingerprint density at radius 1 is 1.15 bits per heavy atom.